The number of nitrogens with two attached hydrogens (primary N) is 1. The Labute approximate surface area is 106 Å². The molecule has 3 atom stereocenters. The highest BCUT2D eigenvalue weighted by molar-refractivity contribution is 4.92. The number of hydrogen-bond acceptors (Lipinski definition) is 3. The Balaban J connectivity index is 1.97. The molecule has 2 saturated heterocycles. The Kier molecular flexibility index (Phi) is 4.83. The van der Waals surface area contributed by atoms with E-state index in [1.165, 1.54) is 51.7 Å². The maximum Gasteiger partial charge on any atom is 0.0224 e. The second-order valence-electron chi connectivity index (χ2n) is 5.87. The van der Waals surface area contributed by atoms with Gasteiger partial charge in [0.2, 0.25) is 0 Å². The number of piperazine rings is 1. The van der Waals surface area contributed by atoms with Gasteiger partial charge in [0, 0.05) is 37.8 Å². The predicted octanol–water partition coefficient (Wildman–Crippen LogP) is 1.67. The third-order valence-electron chi connectivity index (χ3n) is 4.60. The predicted molar refractivity (Wildman–Crippen MR) is 73.1 cm³/mol. The molecule has 2 heterocycles. The third kappa shape index (κ3) is 3.01. The van der Waals surface area contributed by atoms with E-state index in [-0.39, 0.29) is 0 Å². The van der Waals surface area contributed by atoms with Crippen LogP contribution in [-0.2, 0) is 0 Å². The second-order valence-corrected chi connectivity index (χ2v) is 5.87. The molecular formula is C14H29N3. The Bertz CT molecular complexity index is 232. The van der Waals surface area contributed by atoms with Crippen molar-refractivity contribution in [3.8, 4) is 0 Å². The molecule has 0 amide bonds. The molecule has 0 aromatic carbocycles. The Morgan fingerprint density at radius 3 is 2.82 bits per heavy atom. The van der Waals surface area contributed by atoms with Crippen LogP contribution in [0.4, 0.5) is 0 Å². The van der Waals surface area contributed by atoms with Crippen molar-refractivity contribution in [2.75, 3.05) is 26.2 Å². The van der Waals surface area contributed by atoms with Crippen molar-refractivity contribution in [2.45, 2.75) is 64.1 Å². The van der Waals surface area contributed by atoms with Gasteiger partial charge in [0.15, 0.2) is 0 Å². The standard InChI is InChI=1S/C14H29N3/c1-3-6-13(9-15)17-11-14-7-4-5-8-16(14)10-12(17)2/h12-14H,3-11,15H2,1-2H3. The lowest BCUT2D eigenvalue weighted by Gasteiger charge is -2.50. The number of hydrogen-bond donors (Lipinski definition) is 1. The maximum atomic E-state index is 5.96. The van der Waals surface area contributed by atoms with Crippen LogP contribution in [0.3, 0.4) is 0 Å². The Morgan fingerprint density at radius 2 is 2.12 bits per heavy atom. The van der Waals surface area contributed by atoms with Crippen LogP contribution >= 0.6 is 0 Å². The van der Waals surface area contributed by atoms with Gasteiger partial charge in [-0.3, -0.25) is 9.80 Å². The van der Waals surface area contributed by atoms with E-state index in [2.05, 4.69) is 23.6 Å². The van der Waals surface area contributed by atoms with Crippen molar-refractivity contribution >= 4 is 0 Å². The molecule has 0 saturated carbocycles. The lowest BCUT2D eigenvalue weighted by atomic mass is 9.95. The molecule has 0 spiro atoms. The first-order valence-electron chi connectivity index (χ1n) is 7.46. The van der Waals surface area contributed by atoms with Crippen LogP contribution in [-0.4, -0.2) is 54.1 Å². The van der Waals surface area contributed by atoms with E-state index in [0.29, 0.717) is 12.1 Å². The second kappa shape index (κ2) is 6.17. The molecule has 2 aliphatic rings. The van der Waals surface area contributed by atoms with Gasteiger partial charge in [-0.25, -0.2) is 0 Å². The number of rotatable bonds is 4. The van der Waals surface area contributed by atoms with Crippen molar-refractivity contribution in [3.05, 3.63) is 0 Å². The zero-order valence-corrected chi connectivity index (χ0v) is 11.6. The molecule has 2 fully saturated rings. The molecule has 0 bridgehead atoms. The summed E-state index contributed by atoms with van der Waals surface area (Å²) in [5, 5.41) is 0. The van der Waals surface area contributed by atoms with Crippen LogP contribution in [0, 0.1) is 0 Å². The average Bonchev–Trinajstić information content (AvgIpc) is 2.35. The van der Waals surface area contributed by atoms with Gasteiger partial charge in [0.05, 0.1) is 0 Å². The fourth-order valence-electron chi connectivity index (χ4n) is 3.64. The smallest absolute Gasteiger partial charge is 0.0224 e. The van der Waals surface area contributed by atoms with E-state index in [9.17, 15) is 0 Å². The highest BCUT2D eigenvalue weighted by Gasteiger charge is 2.35. The van der Waals surface area contributed by atoms with Gasteiger partial charge in [-0.15, -0.1) is 0 Å². The normalized spacial score (nSPS) is 33.4. The molecule has 0 aromatic heterocycles. The third-order valence-corrected chi connectivity index (χ3v) is 4.60. The van der Waals surface area contributed by atoms with Gasteiger partial charge in [0.1, 0.15) is 0 Å². The topological polar surface area (TPSA) is 32.5 Å². The van der Waals surface area contributed by atoms with Gasteiger partial charge in [-0.05, 0) is 32.7 Å². The van der Waals surface area contributed by atoms with E-state index >= 15 is 0 Å². The minimum Gasteiger partial charge on any atom is -0.329 e. The number of piperidine rings is 1. The van der Waals surface area contributed by atoms with Crippen LogP contribution in [0.2, 0.25) is 0 Å². The van der Waals surface area contributed by atoms with Gasteiger partial charge < -0.3 is 5.73 Å². The largest absolute Gasteiger partial charge is 0.329 e. The molecule has 0 aliphatic carbocycles. The van der Waals surface area contributed by atoms with Crippen molar-refractivity contribution in [1.29, 1.82) is 0 Å². The quantitative estimate of drug-likeness (QED) is 0.810. The molecule has 2 rings (SSSR count). The molecular weight excluding hydrogens is 210 g/mol. The fraction of sp³-hybridized carbons (Fsp3) is 1.00. The number of nitrogens with zero attached hydrogens (tertiary/aromatic N) is 2. The summed E-state index contributed by atoms with van der Waals surface area (Å²) in [5.74, 6) is 0. The molecule has 17 heavy (non-hydrogen) atoms. The van der Waals surface area contributed by atoms with E-state index in [1.807, 2.05) is 0 Å². The van der Waals surface area contributed by atoms with Crippen LogP contribution in [0.1, 0.15) is 46.0 Å². The minimum atomic E-state index is 0.610. The summed E-state index contributed by atoms with van der Waals surface area (Å²) in [6.45, 7) is 9.30. The lowest BCUT2D eigenvalue weighted by Crippen LogP contribution is -2.62. The average molecular weight is 239 g/mol. The Morgan fingerprint density at radius 1 is 1.29 bits per heavy atom. The van der Waals surface area contributed by atoms with E-state index in [4.69, 9.17) is 5.73 Å². The summed E-state index contributed by atoms with van der Waals surface area (Å²) >= 11 is 0. The summed E-state index contributed by atoms with van der Waals surface area (Å²) in [5.41, 5.74) is 5.96. The molecule has 100 valence electrons. The van der Waals surface area contributed by atoms with Gasteiger partial charge >= 0.3 is 0 Å². The summed E-state index contributed by atoms with van der Waals surface area (Å²) in [7, 11) is 0. The van der Waals surface area contributed by atoms with E-state index in [1.54, 1.807) is 0 Å². The van der Waals surface area contributed by atoms with E-state index < -0.39 is 0 Å². The molecule has 3 unspecified atom stereocenters. The van der Waals surface area contributed by atoms with Crippen molar-refractivity contribution in [1.82, 2.24) is 9.80 Å². The summed E-state index contributed by atoms with van der Waals surface area (Å²) < 4.78 is 0. The Hall–Kier alpha value is -0.120. The van der Waals surface area contributed by atoms with Crippen LogP contribution in [0.25, 0.3) is 0 Å². The zero-order chi connectivity index (χ0) is 12.3. The molecule has 2 N–H and O–H groups in total. The minimum absolute atomic E-state index is 0.610. The van der Waals surface area contributed by atoms with Gasteiger partial charge in [-0.1, -0.05) is 19.8 Å². The highest BCUT2D eigenvalue weighted by atomic mass is 15.3. The number of fused-ring (bicyclic) bond motifs is 1. The van der Waals surface area contributed by atoms with Gasteiger partial charge in [0.25, 0.3) is 0 Å². The van der Waals surface area contributed by atoms with Crippen LogP contribution < -0.4 is 5.73 Å². The van der Waals surface area contributed by atoms with Crippen LogP contribution in [0.5, 0.6) is 0 Å². The molecule has 0 radical (unpaired) electrons. The van der Waals surface area contributed by atoms with E-state index in [0.717, 1.165) is 12.6 Å². The first kappa shape index (κ1) is 13.3. The molecule has 3 heteroatoms. The lowest BCUT2D eigenvalue weighted by molar-refractivity contribution is -0.00783. The van der Waals surface area contributed by atoms with Crippen molar-refractivity contribution < 1.29 is 0 Å². The van der Waals surface area contributed by atoms with Crippen LogP contribution in [0.15, 0.2) is 0 Å². The first-order chi connectivity index (χ1) is 8.26. The molecule has 0 aromatic rings. The van der Waals surface area contributed by atoms with Crippen molar-refractivity contribution in [3.63, 3.8) is 0 Å². The highest BCUT2D eigenvalue weighted by Crippen LogP contribution is 2.26. The fourth-order valence-corrected chi connectivity index (χ4v) is 3.64. The van der Waals surface area contributed by atoms with Gasteiger partial charge in [-0.2, -0.15) is 0 Å². The zero-order valence-electron chi connectivity index (χ0n) is 11.6. The summed E-state index contributed by atoms with van der Waals surface area (Å²) in [6, 6.07) is 2.11. The SMILES string of the molecule is CCCC(CN)N1CC2CCCCN2CC1C. The first-order valence-corrected chi connectivity index (χ1v) is 7.46. The maximum absolute atomic E-state index is 5.96. The molecule has 2 aliphatic heterocycles. The summed E-state index contributed by atoms with van der Waals surface area (Å²) in [4.78, 5) is 5.40. The molecule has 3 nitrogen and oxygen atoms in total. The summed E-state index contributed by atoms with van der Waals surface area (Å²) in [6.07, 6.45) is 6.72. The monoisotopic (exact) mass is 239 g/mol. The van der Waals surface area contributed by atoms with Crippen molar-refractivity contribution in [2.24, 2.45) is 5.73 Å².